The maximum absolute atomic E-state index is 12.2. The molecule has 1 unspecified atom stereocenters. The standard InChI is InChI=1S/C14H17ClN2OS2/c1-2-3-4-5-6-7-8-20(18)14-11(9-16)13(15)12(10-17)19-14/h2-8H2,1H3. The zero-order valence-electron chi connectivity index (χ0n) is 11.4. The first-order valence-corrected chi connectivity index (χ1v) is 9.17. The summed E-state index contributed by atoms with van der Waals surface area (Å²) >= 11 is 5.77. The van der Waals surface area contributed by atoms with Gasteiger partial charge in [0.1, 0.15) is 28.3 Å². The van der Waals surface area contributed by atoms with Crippen molar-refractivity contribution in [1.29, 1.82) is 10.5 Å². The number of hydrogen-bond acceptors (Lipinski definition) is 4. The molecular weight excluding hydrogens is 312 g/mol. The molecule has 0 saturated heterocycles. The predicted molar refractivity (Wildman–Crippen MR) is 83.4 cm³/mol. The smallest absolute Gasteiger partial charge is 0.227 e. The Morgan fingerprint density at radius 2 is 1.80 bits per heavy atom. The summed E-state index contributed by atoms with van der Waals surface area (Å²) in [6, 6.07) is 3.89. The molecule has 1 atom stereocenters. The normalized spacial score (nSPS) is 11.8. The van der Waals surface area contributed by atoms with E-state index in [0.717, 1.165) is 30.6 Å². The van der Waals surface area contributed by atoms with Gasteiger partial charge < -0.3 is 4.55 Å². The molecule has 0 aliphatic carbocycles. The molecule has 0 aliphatic heterocycles. The van der Waals surface area contributed by atoms with Crippen LogP contribution in [-0.4, -0.2) is 10.3 Å². The molecule has 0 bridgehead atoms. The lowest BCUT2D eigenvalue weighted by Crippen LogP contribution is -2.06. The molecule has 0 aliphatic rings. The van der Waals surface area contributed by atoms with Crippen LogP contribution in [0.5, 0.6) is 0 Å². The Bertz CT molecular complexity index is 516. The van der Waals surface area contributed by atoms with E-state index >= 15 is 0 Å². The summed E-state index contributed by atoms with van der Waals surface area (Å²) in [7, 11) is 0. The molecule has 1 rings (SSSR count). The van der Waals surface area contributed by atoms with E-state index in [4.69, 9.17) is 22.1 Å². The highest BCUT2D eigenvalue weighted by molar-refractivity contribution is 7.93. The van der Waals surface area contributed by atoms with Crippen molar-refractivity contribution in [2.24, 2.45) is 0 Å². The fraction of sp³-hybridized carbons (Fsp3) is 0.571. The van der Waals surface area contributed by atoms with E-state index in [0.29, 0.717) is 9.96 Å². The zero-order valence-corrected chi connectivity index (χ0v) is 13.8. The van der Waals surface area contributed by atoms with Crippen molar-refractivity contribution >= 4 is 34.1 Å². The van der Waals surface area contributed by atoms with E-state index < -0.39 is 11.2 Å². The van der Waals surface area contributed by atoms with Crippen LogP contribution in [0.2, 0.25) is 5.02 Å². The van der Waals surface area contributed by atoms with Crippen LogP contribution >= 0.6 is 22.9 Å². The predicted octanol–water partition coefficient (Wildman–Crippen LogP) is 4.61. The third-order valence-corrected chi connectivity index (χ3v) is 6.39. The average molecular weight is 329 g/mol. The molecule has 108 valence electrons. The molecule has 1 heterocycles. The third-order valence-electron chi connectivity index (χ3n) is 2.92. The van der Waals surface area contributed by atoms with Crippen LogP contribution in [-0.2, 0) is 11.2 Å². The minimum atomic E-state index is -1.23. The number of halogens is 1. The maximum Gasteiger partial charge on any atom is 0.227 e. The molecule has 3 nitrogen and oxygen atoms in total. The van der Waals surface area contributed by atoms with Gasteiger partial charge in [0.25, 0.3) is 0 Å². The second kappa shape index (κ2) is 9.26. The first kappa shape index (κ1) is 17.3. The minimum Gasteiger partial charge on any atom is -0.611 e. The fourth-order valence-electron chi connectivity index (χ4n) is 1.82. The van der Waals surface area contributed by atoms with Gasteiger partial charge in [0.05, 0.1) is 5.02 Å². The van der Waals surface area contributed by atoms with Crippen LogP contribution in [0.1, 0.15) is 55.9 Å². The summed E-state index contributed by atoms with van der Waals surface area (Å²) in [5.74, 6) is 0.530. The average Bonchev–Trinajstić information content (AvgIpc) is 2.78. The molecule has 0 radical (unpaired) electrons. The summed E-state index contributed by atoms with van der Waals surface area (Å²) in [6.07, 6.45) is 6.76. The molecule has 0 amide bonds. The molecule has 0 fully saturated rings. The van der Waals surface area contributed by atoms with Crippen LogP contribution in [0.25, 0.3) is 0 Å². The quantitative estimate of drug-likeness (QED) is 0.516. The van der Waals surface area contributed by atoms with Gasteiger partial charge in [0.2, 0.25) is 4.21 Å². The summed E-state index contributed by atoms with van der Waals surface area (Å²) < 4.78 is 12.6. The van der Waals surface area contributed by atoms with Crippen molar-refractivity contribution in [2.75, 3.05) is 5.75 Å². The summed E-state index contributed by atoms with van der Waals surface area (Å²) in [6.45, 7) is 2.17. The Balaban J connectivity index is 2.54. The first-order chi connectivity index (χ1) is 9.65. The summed E-state index contributed by atoms with van der Waals surface area (Å²) in [5.41, 5.74) is 0.206. The number of nitrogens with zero attached hydrogens (tertiary/aromatic N) is 2. The van der Waals surface area contributed by atoms with E-state index in [1.165, 1.54) is 19.3 Å². The molecule has 0 spiro atoms. The Kier molecular flexibility index (Phi) is 8.02. The number of nitriles is 2. The van der Waals surface area contributed by atoms with Gasteiger partial charge in [-0.25, -0.2) is 0 Å². The van der Waals surface area contributed by atoms with Crippen LogP contribution in [0.4, 0.5) is 0 Å². The zero-order chi connectivity index (χ0) is 15.0. The first-order valence-electron chi connectivity index (χ1n) is 6.66. The summed E-state index contributed by atoms with van der Waals surface area (Å²) in [4.78, 5) is 0.273. The van der Waals surface area contributed by atoms with Gasteiger partial charge in [-0.15, -0.1) is 0 Å². The summed E-state index contributed by atoms with van der Waals surface area (Å²) in [5, 5.41) is 18.1. The Labute approximate surface area is 132 Å². The highest BCUT2D eigenvalue weighted by atomic mass is 35.5. The monoisotopic (exact) mass is 328 g/mol. The fourth-order valence-corrected chi connectivity index (χ4v) is 4.80. The van der Waals surface area contributed by atoms with E-state index in [1.807, 2.05) is 12.1 Å². The van der Waals surface area contributed by atoms with Crippen molar-refractivity contribution < 1.29 is 4.55 Å². The highest BCUT2D eigenvalue weighted by Gasteiger charge is 2.25. The molecular formula is C14H17ClN2OS2. The molecule has 0 N–H and O–H groups in total. The van der Waals surface area contributed by atoms with E-state index in [1.54, 1.807) is 0 Å². The molecule has 1 aromatic rings. The molecule has 6 heteroatoms. The molecule has 0 saturated carbocycles. The van der Waals surface area contributed by atoms with Crippen molar-refractivity contribution in [2.45, 2.75) is 49.7 Å². The van der Waals surface area contributed by atoms with Gasteiger partial charge in [0.15, 0.2) is 0 Å². The van der Waals surface area contributed by atoms with Crippen LogP contribution in [0.3, 0.4) is 0 Å². The van der Waals surface area contributed by atoms with Crippen LogP contribution in [0, 0.1) is 22.7 Å². The number of unbranched alkanes of at least 4 members (excludes halogenated alkanes) is 5. The van der Waals surface area contributed by atoms with Gasteiger partial charge in [0, 0.05) is 0 Å². The Hall–Kier alpha value is -0.720. The molecule has 0 aromatic carbocycles. The van der Waals surface area contributed by atoms with Crippen LogP contribution in [0.15, 0.2) is 4.21 Å². The maximum atomic E-state index is 12.2. The van der Waals surface area contributed by atoms with Crippen molar-refractivity contribution in [3.63, 3.8) is 0 Å². The Morgan fingerprint density at radius 1 is 1.15 bits per heavy atom. The lowest BCUT2D eigenvalue weighted by Gasteiger charge is -2.08. The second-order valence-electron chi connectivity index (χ2n) is 4.45. The number of hydrogen-bond donors (Lipinski definition) is 0. The third kappa shape index (κ3) is 4.68. The number of rotatable bonds is 8. The van der Waals surface area contributed by atoms with Gasteiger partial charge in [-0.1, -0.05) is 55.5 Å². The van der Waals surface area contributed by atoms with Gasteiger partial charge in [-0.2, -0.15) is 10.5 Å². The van der Waals surface area contributed by atoms with Crippen LogP contribution < -0.4 is 0 Å². The van der Waals surface area contributed by atoms with Crippen molar-refractivity contribution in [3.8, 4) is 12.1 Å². The topological polar surface area (TPSA) is 70.6 Å². The number of thiophene rings is 1. The van der Waals surface area contributed by atoms with Gasteiger partial charge in [-0.3, -0.25) is 0 Å². The van der Waals surface area contributed by atoms with Crippen molar-refractivity contribution in [3.05, 3.63) is 15.5 Å². The Morgan fingerprint density at radius 3 is 2.40 bits per heavy atom. The van der Waals surface area contributed by atoms with Gasteiger partial charge in [-0.05, 0) is 24.0 Å². The molecule has 20 heavy (non-hydrogen) atoms. The van der Waals surface area contributed by atoms with E-state index in [9.17, 15) is 4.55 Å². The largest absolute Gasteiger partial charge is 0.611 e. The minimum absolute atomic E-state index is 0.145. The van der Waals surface area contributed by atoms with Crippen molar-refractivity contribution in [1.82, 2.24) is 0 Å². The highest BCUT2D eigenvalue weighted by Crippen LogP contribution is 2.35. The SMILES string of the molecule is CCCCCCCC[S+]([O-])c1sc(C#N)c(Cl)c1C#N. The second-order valence-corrected chi connectivity index (χ2v) is 7.61. The lowest BCUT2D eigenvalue weighted by atomic mass is 10.1. The molecule has 1 aromatic heterocycles. The van der Waals surface area contributed by atoms with E-state index in [-0.39, 0.29) is 15.5 Å². The van der Waals surface area contributed by atoms with E-state index in [2.05, 4.69) is 6.92 Å². The lowest BCUT2D eigenvalue weighted by molar-refractivity contribution is 0.584. The van der Waals surface area contributed by atoms with Gasteiger partial charge >= 0.3 is 0 Å².